The number of hydrogen-bond donors (Lipinski definition) is 3. The highest BCUT2D eigenvalue weighted by atomic mass is 32.1. The summed E-state index contributed by atoms with van der Waals surface area (Å²) in [6, 6.07) is 7.96. The zero-order chi connectivity index (χ0) is 38.2. The number of imidazole rings is 1. The van der Waals surface area contributed by atoms with E-state index in [4.69, 9.17) is 29.4 Å². The molecule has 3 N–H and O–H groups in total. The monoisotopic (exact) mass is 771 g/mol. The van der Waals surface area contributed by atoms with Crippen molar-refractivity contribution in [3.8, 4) is 0 Å². The molecule has 0 bridgehead atoms. The van der Waals surface area contributed by atoms with E-state index in [0.29, 0.717) is 18.7 Å². The molecule has 2 atom stereocenters. The van der Waals surface area contributed by atoms with Crippen molar-refractivity contribution < 1.29 is 10.2 Å². The van der Waals surface area contributed by atoms with E-state index >= 15 is 0 Å². The first kappa shape index (κ1) is 47.6. The van der Waals surface area contributed by atoms with Crippen molar-refractivity contribution in [2.75, 3.05) is 0 Å². The van der Waals surface area contributed by atoms with Crippen LogP contribution in [0, 0.1) is 5.92 Å². The highest BCUT2D eigenvalue weighted by Crippen LogP contribution is 2.42. The zero-order valence-corrected chi connectivity index (χ0v) is 36.2. The van der Waals surface area contributed by atoms with Gasteiger partial charge in [0.15, 0.2) is 10.1 Å². The molecule has 0 radical (unpaired) electrons. The number of fused-ring (bicyclic) bond motifs is 1. The number of aliphatic hydroxyl groups is 2. The van der Waals surface area contributed by atoms with Crippen LogP contribution in [-0.2, 0) is 5.41 Å². The number of hydrogen-bond acceptors (Lipinski definition) is 3. The van der Waals surface area contributed by atoms with Crippen LogP contribution in [-0.4, -0.2) is 30.3 Å². The number of benzene rings is 1. The first-order chi connectivity index (χ1) is 26.0. The van der Waals surface area contributed by atoms with E-state index in [9.17, 15) is 10.2 Å². The van der Waals surface area contributed by atoms with E-state index in [-0.39, 0.29) is 10.1 Å². The molecule has 2 aromatic rings. The van der Waals surface area contributed by atoms with Gasteiger partial charge in [-0.3, -0.25) is 0 Å². The summed E-state index contributed by atoms with van der Waals surface area (Å²) < 4.78 is 0. The van der Waals surface area contributed by atoms with E-state index in [2.05, 4.69) is 18.8 Å². The van der Waals surface area contributed by atoms with Crippen LogP contribution in [0.15, 0.2) is 24.3 Å². The number of unbranched alkanes of at least 4 members (excludes halogenated alkanes) is 30. The number of aromatic nitrogens is 2. The van der Waals surface area contributed by atoms with Crippen LogP contribution in [0.1, 0.15) is 238 Å². The fourth-order valence-corrected chi connectivity index (χ4v) is 9.07. The SMILES string of the molecule is CCCCCCCCCCCCCCCCCCC(C(O)=S)C(CCCCCCCCCCCCCCCCCC)(C(O)=S)c1nc2ccccc2[nH]1. The molecular weight excluding hydrogens is 689 g/mol. The summed E-state index contributed by atoms with van der Waals surface area (Å²) in [5, 5.41) is 22.2. The Hall–Kier alpha value is -1.53. The summed E-state index contributed by atoms with van der Waals surface area (Å²) in [5.41, 5.74) is 0.770. The molecule has 0 saturated carbocycles. The third-order valence-corrected chi connectivity index (χ3v) is 12.5. The predicted molar refractivity (Wildman–Crippen MR) is 240 cm³/mol. The maximum absolute atomic E-state index is 11.3. The molecule has 53 heavy (non-hydrogen) atoms. The number of H-pyrrole nitrogens is 1. The number of nitrogens with one attached hydrogen (secondary N) is 1. The highest BCUT2D eigenvalue weighted by Gasteiger charge is 2.48. The summed E-state index contributed by atoms with van der Waals surface area (Å²) in [6.45, 7) is 4.57. The second-order valence-electron chi connectivity index (χ2n) is 16.4. The first-order valence-corrected chi connectivity index (χ1v) is 23.7. The van der Waals surface area contributed by atoms with Gasteiger partial charge in [-0.05, 0) is 49.4 Å². The normalized spacial score (nSPS) is 13.4. The third kappa shape index (κ3) is 20.3. The van der Waals surface area contributed by atoms with Crippen molar-refractivity contribution in [1.29, 1.82) is 0 Å². The van der Waals surface area contributed by atoms with Gasteiger partial charge < -0.3 is 15.2 Å². The molecule has 1 heterocycles. The van der Waals surface area contributed by atoms with Gasteiger partial charge in [0.25, 0.3) is 0 Å². The summed E-state index contributed by atoms with van der Waals surface area (Å²) >= 11 is 11.2. The van der Waals surface area contributed by atoms with Crippen LogP contribution in [0.5, 0.6) is 0 Å². The van der Waals surface area contributed by atoms with E-state index < -0.39 is 11.3 Å². The number of aliphatic hydroxyl groups excluding tert-OH is 2. The molecule has 0 amide bonds. The minimum absolute atomic E-state index is 0.0562. The average Bonchev–Trinajstić information content (AvgIpc) is 3.59. The largest absolute Gasteiger partial charge is 0.502 e. The quantitative estimate of drug-likeness (QED) is 0.0469. The third-order valence-electron chi connectivity index (χ3n) is 11.9. The smallest absolute Gasteiger partial charge is 0.171 e. The Balaban J connectivity index is 1.77. The summed E-state index contributed by atoms with van der Waals surface area (Å²) in [6.07, 6.45) is 43.4. The Morgan fingerprint density at radius 1 is 0.547 bits per heavy atom. The van der Waals surface area contributed by atoms with Gasteiger partial charge >= 0.3 is 0 Å². The molecule has 1 aromatic heterocycles. The molecule has 2 rings (SSSR count). The number of para-hydroxylation sites is 2. The fourth-order valence-electron chi connectivity index (χ4n) is 8.41. The van der Waals surface area contributed by atoms with Crippen molar-refractivity contribution in [3.63, 3.8) is 0 Å². The summed E-state index contributed by atoms with van der Waals surface area (Å²) in [7, 11) is 0. The molecule has 2 unspecified atom stereocenters. The molecule has 0 aliphatic heterocycles. The number of thiocarbonyl (C=S) groups is 2. The van der Waals surface area contributed by atoms with Crippen LogP contribution in [0.25, 0.3) is 11.0 Å². The standard InChI is InChI=1S/C47H82N2O2S2/c1-3-5-7-9-11-13-15-17-19-21-23-25-27-29-31-33-37-41(44(50)52)47(46(51)53,45-48-42-38-34-35-39-43(42)49-45)40-36-32-30-28-26-24-22-20-18-16-14-12-10-8-6-4-2/h34-35,38-39,41H,3-33,36-37,40H2,1-2H3,(H,48,49)(H,50,52)(H,51,53). The minimum atomic E-state index is -0.994. The predicted octanol–water partition coefficient (Wildman–Crippen LogP) is 16.5. The number of nitrogens with zero attached hydrogens (tertiary/aromatic N) is 1. The Kier molecular flexibility index (Phi) is 28.4. The maximum atomic E-state index is 11.3. The molecule has 6 heteroatoms. The van der Waals surface area contributed by atoms with E-state index in [1.807, 2.05) is 24.3 Å². The molecule has 4 nitrogen and oxygen atoms in total. The Bertz CT molecular complexity index is 1150. The number of rotatable bonds is 38. The van der Waals surface area contributed by atoms with Crippen molar-refractivity contribution >= 4 is 45.6 Å². The van der Waals surface area contributed by atoms with Crippen molar-refractivity contribution in [2.45, 2.75) is 238 Å². The minimum Gasteiger partial charge on any atom is -0.502 e. The molecule has 0 aliphatic carbocycles. The molecule has 1 aromatic carbocycles. The van der Waals surface area contributed by atoms with Crippen LogP contribution in [0.4, 0.5) is 0 Å². The lowest BCUT2D eigenvalue weighted by Gasteiger charge is -2.37. The zero-order valence-electron chi connectivity index (χ0n) is 34.6. The summed E-state index contributed by atoms with van der Waals surface area (Å²) in [5.74, 6) is 0.198. The second-order valence-corrected chi connectivity index (χ2v) is 17.2. The second kappa shape index (κ2) is 31.7. The van der Waals surface area contributed by atoms with Gasteiger partial charge in [0, 0.05) is 5.92 Å². The lowest BCUT2D eigenvalue weighted by molar-refractivity contribution is 0.295. The Labute approximate surface area is 337 Å². The van der Waals surface area contributed by atoms with Gasteiger partial charge in [-0.25, -0.2) is 4.98 Å². The van der Waals surface area contributed by atoms with Crippen LogP contribution >= 0.6 is 24.4 Å². The van der Waals surface area contributed by atoms with E-state index in [1.165, 1.54) is 180 Å². The van der Waals surface area contributed by atoms with Crippen LogP contribution in [0.3, 0.4) is 0 Å². The topological polar surface area (TPSA) is 69.1 Å². The molecule has 0 fully saturated rings. The Morgan fingerprint density at radius 2 is 0.906 bits per heavy atom. The van der Waals surface area contributed by atoms with Crippen molar-refractivity contribution in [1.82, 2.24) is 9.97 Å². The van der Waals surface area contributed by atoms with E-state index in [1.54, 1.807) is 0 Å². The van der Waals surface area contributed by atoms with Crippen molar-refractivity contribution in [2.24, 2.45) is 5.92 Å². The molecular formula is C47H82N2O2S2. The van der Waals surface area contributed by atoms with Crippen LogP contribution in [0.2, 0.25) is 0 Å². The van der Waals surface area contributed by atoms with Gasteiger partial charge in [-0.15, -0.1) is 0 Å². The van der Waals surface area contributed by atoms with Gasteiger partial charge in [-0.1, -0.05) is 231 Å². The lowest BCUT2D eigenvalue weighted by Crippen LogP contribution is -2.46. The van der Waals surface area contributed by atoms with Gasteiger partial charge in [0.05, 0.1) is 11.0 Å². The van der Waals surface area contributed by atoms with E-state index in [0.717, 1.165) is 36.7 Å². The first-order valence-electron chi connectivity index (χ1n) is 22.9. The molecule has 304 valence electrons. The lowest BCUT2D eigenvalue weighted by atomic mass is 9.69. The van der Waals surface area contributed by atoms with Crippen LogP contribution < -0.4 is 0 Å². The number of aromatic amines is 1. The fraction of sp³-hybridized carbons (Fsp3) is 0.809. The van der Waals surface area contributed by atoms with Gasteiger partial charge in [0.2, 0.25) is 0 Å². The van der Waals surface area contributed by atoms with Gasteiger partial charge in [0.1, 0.15) is 11.2 Å². The van der Waals surface area contributed by atoms with Crippen molar-refractivity contribution in [3.05, 3.63) is 30.1 Å². The molecule has 0 spiro atoms. The Morgan fingerprint density at radius 3 is 1.26 bits per heavy atom. The summed E-state index contributed by atoms with van der Waals surface area (Å²) in [4.78, 5) is 8.44. The molecule has 0 saturated heterocycles. The highest BCUT2D eigenvalue weighted by molar-refractivity contribution is 7.80. The molecule has 0 aliphatic rings. The van der Waals surface area contributed by atoms with Gasteiger partial charge in [-0.2, -0.15) is 0 Å². The maximum Gasteiger partial charge on any atom is 0.171 e. The average molecular weight is 771 g/mol.